The van der Waals surface area contributed by atoms with Crippen LogP contribution >= 0.6 is 58.0 Å². The molecule has 0 aliphatic carbocycles. The molecule has 2 heterocycles. The number of halogens is 5. The minimum atomic E-state index is -2.26. The second-order valence-corrected chi connectivity index (χ2v) is 7.12. The van der Waals surface area contributed by atoms with Gasteiger partial charge in [-0.15, -0.1) is 10.2 Å². The van der Waals surface area contributed by atoms with Crippen LogP contribution in [0.5, 0.6) is 0 Å². The smallest absolute Gasteiger partial charge is 0.243 e. The zero-order chi connectivity index (χ0) is 15.8. The van der Waals surface area contributed by atoms with Crippen molar-refractivity contribution in [1.29, 1.82) is 5.26 Å². The van der Waals surface area contributed by atoms with Crippen LogP contribution < -0.4 is 0 Å². The third-order valence-corrected chi connectivity index (χ3v) is 4.59. The fraction of sp³-hybridized carbons (Fsp3) is 0.250. The predicted octanol–water partition coefficient (Wildman–Crippen LogP) is 2.26. The Balaban J connectivity index is 2.64. The van der Waals surface area contributed by atoms with Gasteiger partial charge in [0.15, 0.2) is 5.69 Å². The highest BCUT2D eigenvalue weighted by Gasteiger charge is 2.52. The number of hydrogen-bond acceptors (Lipinski definition) is 6. The molecule has 21 heavy (non-hydrogen) atoms. The highest BCUT2D eigenvalue weighted by molar-refractivity contribution is 6.75. The number of nitriles is 1. The van der Waals surface area contributed by atoms with Gasteiger partial charge in [0.25, 0.3) is 0 Å². The van der Waals surface area contributed by atoms with Crippen molar-refractivity contribution >= 4 is 64.0 Å². The molecule has 0 aromatic carbocycles. The zero-order valence-corrected chi connectivity index (χ0v) is 13.4. The zero-order valence-electron chi connectivity index (χ0n) is 9.58. The molecule has 13 heteroatoms. The van der Waals surface area contributed by atoms with Crippen LogP contribution in [-0.2, 0) is 4.33 Å². The molecule has 2 aromatic rings. The number of aromatic nitrogens is 6. The molecule has 0 aliphatic rings. The molecular weight excluding hydrogens is 387 g/mol. The van der Waals surface area contributed by atoms with Crippen LogP contribution in [0.4, 0.5) is 4.79 Å². The lowest BCUT2D eigenvalue weighted by atomic mass is 10.2. The fourth-order valence-corrected chi connectivity index (χ4v) is 1.92. The van der Waals surface area contributed by atoms with Gasteiger partial charge >= 0.3 is 6.03 Å². The van der Waals surface area contributed by atoms with E-state index >= 15 is 0 Å². The number of carbonyl (C=O) groups excluding carboxylic acids is 1. The van der Waals surface area contributed by atoms with Gasteiger partial charge in [0.1, 0.15) is 11.8 Å². The molecule has 0 fully saturated rings. The van der Waals surface area contributed by atoms with Gasteiger partial charge < -0.3 is 0 Å². The molecule has 0 bridgehead atoms. The lowest BCUT2D eigenvalue weighted by Gasteiger charge is -2.26. The molecule has 0 N–H and O–H groups in total. The van der Waals surface area contributed by atoms with Crippen LogP contribution in [0.2, 0.25) is 0 Å². The number of alkyl halides is 5. The molecule has 0 saturated heterocycles. The highest BCUT2D eigenvalue weighted by atomic mass is 35.6. The first-order valence-electron chi connectivity index (χ1n) is 4.92. The summed E-state index contributed by atoms with van der Waals surface area (Å²) in [6.45, 7) is 0. The van der Waals surface area contributed by atoms with Crippen LogP contribution in [0.15, 0.2) is 12.4 Å². The van der Waals surface area contributed by atoms with Crippen molar-refractivity contribution in [3.63, 3.8) is 0 Å². The van der Waals surface area contributed by atoms with Crippen LogP contribution in [-0.4, -0.2) is 39.8 Å². The molecule has 8 nitrogen and oxygen atoms in total. The maximum atomic E-state index is 12.2. The summed E-state index contributed by atoms with van der Waals surface area (Å²) in [5, 5.41) is 22.9. The van der Waals surface area contributed by atoms with E-state index in [2.05, 4.69) is 20.6 Å². The van der Waals surface area contributed by atoms with Gasteiger partial charge in [-0.3, -0.25) is 0 Å². The van der Waals surface area contributed by atoms with E-state index in [1.165, 1.54) is 12.4 Å². The number of rotatable bonds is 1. The monoisotopic (exact) mass is 387 g/mol. The summed E-state index contributed by atoms with van der Waals surface area (Å²) in [4.78, 5) is 12.2. The van der Waals surface area contributed by atoms with E-state index in [1.807, 2.05) is 0 Å². The molecule has 0 aliphatic heterocycles. The maximum Gasteiger partial charge on any atom is 0.372 e. The summed E-state index contributed by atoms with van der Waals surface area (Å²) in [5.74, 6) is 0. The van der Waals surface area contributed by atoms with E-state index in [0.29, 0.717) is 4.68 Å². The first-order valence-corrected chi connectivity index (χ1v) is 6.81. The van der Waals surface area contributed by atoms with Crippen molar-refractivity contribution in [2.75, 3.05) is 0 Å². The summed E-state index contributed by atoms with van der Waals surface area (Å²) in [6.07, 6.45) is 2.49. The van der Waals surface area contributed by atoms with Crippen LogP contribution in [0.3, 0.4) is 0 Å². The van der Waals surface area contributed by atoms with Gasteiger partial charge in [0.2, 0.25) is 8.13 Å². The summed E-state index contributed by atoms with van der Waals surface area (Å²) in [6, 6.07) is 0.793. The van der Waals surface area contributed by atoms with E-state index < -0.39 is 19.9 Å². The van der Waals surface area contributed by atoms with Gasteiger partial charge in [-0.05, 0) is 0 Å². The summed E-state index contributed by atoms with van der Waals surface area (Å²) in [7, 11) is 0. The first-order chi connectivity index (χ1) is 9.70. The number of carbonyl (C=O) groups is 1. The SMILES string of the molecule is N#Cc1nnn(C(=O)n2ccnn2)c1C(Cl)(Cl)C(Cl)(Cl)Cl. The second-order valence-electron chi connectivity index (χ2n) is 3.51. The first kappa shape index (κ1) is 16.3. The molecule has 0 atom stereocenters. The lowest BCUT2D eigenvalue weighted by Crippen LogP contribution is -2.35. The van der Waals surface area contributed by atoms with Gasteiger partial charge in [-0.25, -0.2) is 4.79 Å². The van der Waals surface area contributed by atoms with Gasteiger partial charge in [-0.2, -0.15) is 14.6 Å². The van der Waals surface area contributed by atoms with Crippen molar-refractivity contribution in [1.82, 2.24) is 30.0 Å². The average Bonchev–Trinajstić information content (AvgIpc) is 3.05. The summed E-state index contributed by atoms with van der Waals surface area (Å²) < 4.78 is -3.11. The van der Waals surface area contributed by atoms with E-state index in [4.69, 9.17) is 63.3 Å². The second kappa shape index (κ2) is 5.59. The van der Waals surface area contributed by atoms with Crippen molar-refractivity contribution in [3.05, 3.63) is 23.8 Å². The van der Waals surface area contributed by atoms with E-state index in [1.54, 1.807) is 6.07 Å². The molecule has 0 radical (unpaired) electrons. The topological polar surface area (TPSA) is 102 Å². The van der Waals surface area contributed by atoms with Gasteiger partial charge in [0.05, 0.1) is 12.4 Å². The number of nitrogens with zero attached hydrogens (tertiary/aromatic N) is 7. The highest BCUT2D eigenvalue weighted by Crippen LogP contribution is 2.53. The Morgan fingerprint density at radius 2 is 1.90 bits per heavy atom. The fourth-order valence-electron chi connectivity index (χ4n) is 1.31. The maximum absolute atomic E-state index is 12.2. The molecule has 0 saturated carbocycles. The largest absolute Gasteiger partial charge is 0.372 e. The standard InChI is InChI=1S/C8H2Cl5N7O/c9-7(10,8(11,12)13)5-4(3-14)16-18-20(5)6(21)19-2-1-15-17-19/h1-2H. The minimum absolute atomic E-state index is 0.375. The Hall–Kier alpha value is -1.11. The normalized spacial score (nSPS) is 12.2. The van der Waals surface area contributed by atoms with Crippen molar-refractivity contribution in [2.24, 2.45) is 0 Å². The Kier molecular flexibility index (Phi) is 4.33. The van der Waals surface area contributed by atoms with Crippen molar-refractivity contribution < 1.29 is 4.79 Å². The molecule has 2 aromatic heterocycles. The predicted molar refractivity (Wildman–Crippen MR) is 74.6 cm³/mol. The van der Waals surface area contributed by atoms with E-state index in [-0.39, 0.29) is 5.69 Å². The average molecular weight is 389 g/mol. The Bertz CT molecular complexity index is 710. The van der Waals surface area contributed by atoms with E-state index in [9.17, 15) is 4.79 Å². The van der Waals surface area contributed by atoms with E-state index in [0.717, 1.165) is 4.68 Å². The Morgan fingerprint density at radius 3 is 2.38 bits per heavy atom. The summed E-state index contributed by atoms with van der Waals surface area (Å²) in [5.41, 5.74) is -0.770. The quantitative estimate of drug-likeness (QED) is 0.693. The van der Waals surface area contributed by atoms with Crippen molar-refractivity contribution in [2.45, 2.75) is 8.13 Å². The molecule has 0 spiro atoms. The third-order valence-electron chi connectivity index (χ3n) is 2.23. The Labute approximate surface area is 142 Å². The molecule has 110 valence electrons. The molecule has 0 unspecified atom stereocenters. The molecule has 0 amide bonds. The van der Waals surface area contributed by atoms with Crippen molar-refractivity contribution in [3.8, 4) is 6.07 Å². The van der Waals surface area contributed by atoms with Crippen LogP contribution in [0, 0.1) is 11.3 Å². The van der Waals surface area contributed by atoms with Crippen LogP contribution in [0.1, 0.15) is 11.4 Å². The third kappa shape index (κ3) is 2.80. The lowest BCUT2D eigenvalue weighted by molar-refractivity contribution is 0.236. The van der Waals surface area contributed by atoms with Gasteiger partial charge in [0, 0.05) is 0 Å². The van der Waals surface area contributed by atoms with Gasteiger partial charge in [-0.1, -0.05) is 68.4 Å². The molecular formula is C8H2Cl5N7O. The summed E-state index contributed by atoms with van der Waals surface area (Å²) >= 11 is 29.1. The minimum Gasteiger partial charge on any atom is -0.243 e. The van der Waals surface area contributed by atoms with Crippen LogP contribution in [0.25, 0.3) is 0 Å². The Morgan fingerprint density at radius 1 is 1.24 bits per heavy atom. The number of hydrogen-bond donors (Lipinski definition) is 0. The molecule has 2 rings (SSSR count).